The van der Waals surface area contributed by atoms with Crippen molar-refractivity contribution in [1.29, 1.82) is 0 Å². The first-order valence-corrected chi connectivity index (χ1v) is 8.67. The zero-order valence-electron chi connectivity index (χ0n) is 14.7. The molecule has 1 aromatic heterocycles. The average molecular weight is 423 g/mol. The minimum Gasteiger partial charge on any atom is -0.343 e. The number of anilines is 1. The predicted octanol–water partition coefficient (Wildman–Crippen LogP) is 3.91. The van der Waals surface area contributed by atoms with Crippen molar-refractivity contribution in [2.75, 3.05) is 11.9 Å². The highest BCUT2D eigenvalue weighted by Crippen LogP contribution is 2.27. The maximum Gasteiger partial charge on any atom is 0.435 e. The monoisotopic (exact) mass is 422 g/mol. The standard InChI is InChI=1S/C19H14ClF3N4O2/c20-13-3-5-14(6-4-13)25-17(28)11-24-18(29)12-1-7-15(8-2-12)27-10-9-16(26-27)19(21,22)23/h1-10H,11H2,(H,24,29)(H,25,28). The van der Waals surface area contributed by atoms with Crippen LogP contribution in [0, 0.1) is 0 Å². The third-order valence-electron chi connectivity index (χ3n) is 3.81. The highest BCUT2D eigenvalue weighted by molar-refractivity contribution is 6.30. The Morgan fingerprint density at radius 3 is 2.24 bits per heavy atom. The zero-order valence-corrected chi connectivity index (χ0v) is 15.5. The molecule has 0 radical (unpaired) electrons. The Kier molecular flexibility index (Phi) is 5.88. The van der Waals surface area contributed by atoms with Crippen LogP contribution in [0.25, 0.3) is 5.69 Å². The average Bonchev–Trinajstić information content (AvgIpc) is 3.19. The van der Waals surface area contributed by atoms with E-state index >= 15 is 0 Å². The first-order chi connectivity index (χ1) is 13.7. The molecule has 1 heterocycles. The first-order valence-electron chi connectivity index (χ1n) is 8.29. The lowest BCUT2D eigenvalue weighted by Crippen LogP contribution is -2.32. The van der Waals surface area contributed by atoms with Crippen molar-refractivity contribution in [3.8, 4) is 5.69 Å². The fraction of sp³-hybridized carbons (Fsp3) is 0.105. The molecule has 0 spiro atoms. The zero-order chi connectivity index (χ0) is 21.0. The van der Waals surface area contributed by atoms with Crippen molar-refractivity contribution in [2.24, 2.45) is 0 Å². The summed E-state index contributed by atoms with van der Waals surface area (Å²) in [5.74, 6) is -0.923. The molecule has 0 saturated carbocycles. The maximum atomic E-state index is 12.6. The summed E-state index contributed by atoms with van der Waals surface area (Å²) < 4.78 is 38.9. The summed E-state index contributed by atoms with van der Waals surface area (Å²) in [6, 6.07) is 13.1. The lowest BCUT2D eigenvalue weighted by molar-refractivity contribution is -0.141. The Morgan fingerprint density at radius 2 is 1.66 bits per heavy atom. The topological polar surface area (TPSA) is 76.0 Å². The minimum absolute atomic E-state index is 0.247. The molecule has 2 N–H and O–H groups in total. The largest absolute Gasteiger partial charge is 0.435 e. The van der Waals surface area contributed by atoms with Gasteiger partial charge in [0.1, 0.15) is 0 Å². The molecule has 6 nitrogen and oxygen atoms in total. The van der Waals surface area contributed by atoms with Gasteiger partial charge in [0.2, 0.25) is 5.91 Å². The molecular formula is C19H14ClF3N4O2. The van der Waals surface area contributed by atoms with Crippen molar-refractivity contribution in [3.63, 3.8) is 0 Å². The van der Waals surface area contributed by atoms with Gasteiger partial charge in [-0.25, -0.2) is 4.68 Å². The number of carbonyl (C=O) groups excluding carboxylic acids is 2. The van der Waals surface area contributed by atoms with Crippen LogP contribution in [0.5, 0.6) is 0 Å². The lowest BCUT2D eigenvalue weighted by atomic mass is 10.2. The number of nitrogens with one attached hydrogen (secondary N) is 2. The van der Waals surface area contributed by atoms with Crippen molar-refractivity contribution in [3.05, 3.63) is 77.1 Å². The van der Waals surface area contributed by atoms with E-state index in [1.165, 1.54) is 30.5 Å². The van der Waals surface area contributed by atoms with Crippen molar-refractivity contribution < 1.29 is 22.8 Å². The Balaban J connectivity index is 1.56. The van der Waals surface area contributed by atoms with Gasteiger partial charge in [0.05, 0.1) is 12.2 Å². The molecule has 0 bridgehead atoms. The van der Waals surface area contributed by atoms with Gasteiger partial charge in [0.25, 0.3) is 5.91 Å². The highest BCUT2D eigenvalue weighted by atomic mass is 35.5. The number of hydrogen-bond donors (Lipinski definition) is 2. The third-order valence-corrected chi connectivity index (χ3v) is 4.06. The number of aromatic nitrogens is 2. The van der Waals surface area contributed by atoms with Crippen molar-refractivity contribution in [1.82, 2.24) is 15.1 Å². The van der Waals surface area contributed by atoms with Gasteiger partial charge in [-0.3, -0.25) is 9.59 Å². The van der Waals surface area contributed by atoms with Gasteiger partial charge in [0, 0.05) is 22.5 Å². The predicted molar refractivity (Wildman–Crippen MR) is 101 cm³/mol. The van der Waals surface area contributed by atoms with Crippen LogP contribution in [0.15, 0.2) is 60.8 Å². The number of benzene rings is 2. The van der Waals surface area contributed by atoms with E-state index in [0.717, 1.165) is 10.7 Å². The minimum atomic E-state index is -4.53. The summed E-state index contributed by atoms with van der Waals surface area (Å²) in [5.41, 5.74) is 0.134. The van der Waals surface area contributed by atoms with Crippen molar-refractivity contribution >= 4 is 29.1 Å². The maximum absolute atomic E-state index is 12.6. The van der Waals surface area contributed by atoms with Crippen LogP contribution >= 0.6 is 11.6 Å². The van der Waals surface area contributed by atoms with Gasteiger partial charge < -0.3 is 10.6 Å². The Morgan fingerprint density at radius 1 is 1.00 bits per heavy atom. The van der Waals surface area contributed by atoms with E-state index in [9.17, 15) is 22.8 Å². The molecule has 0 saturated heterocycles. The number of halogens is 4. The van der Waals surface area contributed by atoms with Crippen LogP contribution in [0.4, 0.5) is 18.9 Å². The van der Waals surface area contributed by atoms with Gasteiger partial charge in [-0.05, 0) is 54.6 Å². The molecule has 2 amide bonds. The fourth-order valence-electron chi connectivity index (χ4n) is 2.39. The summed E-state index contributed by atoms with van der Waals surface area (Å²) >= 11 is 5.77. The van der Waals surface area contributed by atoms with Gasteiger partial charge >= 0.3 is 6.18 Å². The molecule has 3 aromatic rings. The fourth-order valence-corrected chi connectivity index (χ4v) is 2.51. The molecule has 0 aliphatic carbocycles. The molecule has 0 atom stereocenters. The van der Waals surface area contributed by atoms with Gasteiger partial charge in [-0.2, -0.15) is 18.3 Å². The summed E-state index contributed by atoms with van der Waals surface area (Å²) in [4.78, 5) is 24.0. The number of carbonyl (C=O) groups is 2. The number of nitrogens with zero attached hydrogens (tertiary/aromatic N) is 2. The Labute approximate surface area is 168 Å². The summed E-state index contributed by atoms with van der Waals surface area (Å²) in [5, 5.41) is 9.06. The van der Waals surface area contributed by atoms with E-state index in [1.807, 2.05) is 0 Å². The molecule has 10 heteroatoms. The van der Waals surface area contributed by atoms with Crippen LogP contribution in [-0.2, 0) is 11.0 Å². The second-order valence-corrected chi connectivity index (χ2v) is 6.36. The summed E-state index contributed by atoms with van der Waals surface area (Å²) in [6.07, 6.45) is -3.35. The molecule has 0 unspecified atom stereocenters. The number of hydrogen-bond acceptors (Lipinski definition) is 3. The van der Waals surface area contributed by atoms with Crippen LogP contribution in [0.1, 0.15) is 16.1 Å². The SMILES string of the molecule is O=C(CNC(=O)c1ccc(-n2ccc(C(F)(F)F)n2)cc1)Nc1ccc(Cl)cc1. The van der Waals surface area contributed by atoms with E-state index < -0.39 is 23.7 Å². The van der Waals surface area contributed by atoms with Crippen molar-refractivity contribution in [2.45, 2.75) is 6.18 Å². The van der Waals surface area contributed by atoms with Crippen LogP contribution in [0.2, 0.25) is 5.02 Å². The molecule has 2 aromatic carbocycles. The molecular weight excluding hydrogens is 409 g/mol. The molecule has 0 fully saturated rings. The van der Waals surface area contributed by atoms with E-state index in [2.05, 4.69) is 15.7 Å². The van der Waals surface area contributed by atoms with Crippen LogP contribution in [-0.4, -0.2) is 28.1 Å². The molecule has 3 rings (SSSR count). The summed E-state index contributed by atoms with van der Waals surface area (Å²) in [6.45, 7) is -0.253. The second kappa shape index (κ2) is 8.36. The van der Waals surface area contributed by atoms with E-state index in [0.29, 0.717) is 16.4 Å². The highest BCUT2D eigenvalue weighted by Gasteiger charge is 2.33. The quantitative estimate of drug-likeness (QED) is 0.654. The first kappa shape index (κ1) is 20.4. The normalized spacial score (nSPS) is 11.2. The molecule has 29 heavy (non-hydrogen) atoms. The molecule has 150 valence electrons. The molecule has 0 aliphatic heterocycles. The Hall–Kier alpha value is -3.33. The third kappa shape index (κ3) is 5.35. The lowest BCUT2D eigenvalue weighted by Gasteiger charge is -2.08. The van der Waals surface area contributed by atoms with Crippen LogP contribution < -0.4 is 10.6 Å². The molecule has 0 aliphatic rings. The number of amides is 2. The number of alkyl halides is 3. The second-order valence-electron chi connectivity index (χ2n) is 5.93. The van der Waals surface area contributed by atoms with Gasteiger partial charge in [0.15, 0.2) is 5.69 Å². The van der Waals surface area contributed by atoms with Gasteiger partial charge in [-0.15, -0.1) is 0 Å². The van der Waals surface area contributed by atoms with Crippen LogP contribution in [0.3, 0.4) is 0 Å². The summed E-state index contributed by atoms with van der Waals surface area (Å²) in [7, 11) is 0. The van der Waals surface area contributed by atoms with Gasteiger partial charge in [-0.1, -0.05) is 11.6 Å². The van der Waals surface area contributed by atoms with E-state index in [1.54, 1.807) is 24.3 Å². The van der Waals surface area contributed by atoms with E-state index in [-0.39, 0.29) is 12.1 Å². The van der Waals surface area contributed by atoms with E-state index in [4.69, 9.17) is 11.6 Å². The number of rotatable bonds is 5. The smallest absolute Gasteiger partial charge is 0.343 e. The Bertz CT molecular complexity index is 1020.